The van der Waals surface area contributed by atoms with Crippen molar-refractivity contribution in [1.29, 1.82) is 0 Å². The van der Waals surface area contributed by atoms with Gasteiger partial charge in [-0.3, -0.25) is 4.79 Å². The van der Waals surface area contributed by atoms with Crippen LogP contribution in [0.3, 0.4) is 0 Å². The first kappa shape index (κ1) is 14.3. The number of aryl methyl sites for hydroxylation is 2. The Morgan fingerprint density at radius 2 is 1.92 bits per heavy atom. The third-order valence-electron chi connectivity index (χ3n) is 3.87. The second-order valence-corrected chi connectivity index (χ2v) is 5.64. The van der Waals surface area contributed by atoms with E-state index in [0.717, 1.165) is 11.4 Å². The van der Waals surface area contributed by atoms with Gasteiger partial charge < -0.3 is 0 Å². The molecule has 0 unspecified atom stereocenters. The molecule has 3 heterocycles. The van der Waals surface area contributed by atoms with E-state index in [1.807, 2.05) is 43.5 Å². The summed E-state index contributed by atoms with van der Waals surface area (Å²) in [4.78, 5) is 12.4. The third-order valence-corrected chi connectivity index (χ3v) is 3.87. The minimum atomic E-state index is -0.224. The van der Waals surface area contributed by atoms with Crippen molar-refractivity contribution in [3.63, 3.8) is 0 Å². The Morgan fingerprint density at radius 3 is 2.71 bits per heavy atom. The van der Waals surface area contributed by atoms with E-state index in [1.54, 1.807) is 11.7 Å². The number of hydrogen-bond acceptors (Lipinski definition) is 5. The molecule has 0 spiro atoms. The maximum Gasteiger partial charge on any atom is 0.281 e. The number of rotatable bonds is 3. The Kier molecular flexibility index (Phi) is 3.23. The van der Waals surface area contributed by atoms with Crippen LogP contribution in [0.5, 0.6) is 0 Å². The first-order chi connectivity index (χ1) is 11.6. The molecule has 3 aromatic heterocycles. The molecule has 0 atom stereocenters. The van der Waals surface area contributed by atoms with Crippen LogP contribution in [-0.2, 0) is 13.6 Å². The van der Waals surface area contributed by atoms with Crippen LogP contribution in [0.2, 0.25) is 0 Å². The average Bonchev–Trinajstić information content (AvgIpc) is 3.19. The summed E-state index contributed by atoms with van der Waals surface area (Å²) < 4.78 is 4.60. The van der Waals surface area contributed by atoms with Gasteiger partial charge in [0.1, 0.15) is 5.39 Å². The maximum atomic E-state index is 12.4. The molecule has 0 fully saturated rings. The minimum absolute atomic E-state index is 0.224. The predicted octanol–water partition coefficient (Wildman–Crippen LogP) is 1.07. The van der Waals surface area contributed by atoms with Crippen LogP contribution in [-0.4, -0.2) is 34.6 Å². The van der Waals surface area contributed by atoms with E-state index >= 15 is 0 Å². The van der Waals surface area contributed by atoms with Gasteiger partial charge in [0.2, 0.25) is 0 Å². The lowest BCUT2D eigenvalue weighted by atomic mass is 10.2. The molecule has 0 aliphatic rings. The smallest absolute Gasteiger partial charge is 0.267 e. The van der Waals surface area contributed by atoms with Crippen LogP contribution < -0.4 is 5.56 Å². The Hall–Kier alpha value is -3.29. The van der Waals surface area contributed by atoms with E-state index in [1.165, 1.54) is 21.1 Å². The zero-order valence-electron chi connectivity index (χ0n) is 13.3. The molecule has 0 bridgehead atoms. The molecule has 8 heteroatoms. The SMILES string of the molecule is Cc1ccc(-n2ccc(Cn3nnc4c(cnn4C)c3=O)n2)cc1. The second-order valence-electron chi connectivity index (χ2n) is 5.64. The molecule has 8 nitrogen and oxygen atoms in total. The van der Waals surface area contributed by atoms with Gasteiger partial charge >= 0.3 is 0 Å². The molecule has 0 amide bonds. The average molecular weight is 321 g/mol. The molecule has 120 valence electrons. The van der Waals surface area contributed by atoms with Crippen LogP contribution >= 0.6 is 0 Å². The molecule has 0 aliphatic heterocycles. The Bertz CT molecular complexity index is 1070. The van der Waals surface area contributed by atoms with Crippen molar-refractivity contribution in [1.82, 2.24) is 34.6 Å². The monoisotopic (exact) mass is 321 g/mol. The van der Waals surface area contributed by atoms with Crippen molar-refractivity contribution in [2.45, 2.75) is 13.5 Å². The Balaban J connectivity index is 1.65. The van der Waals surface area contributed by atoms with Gasteiger partial charge in [0.25, 0.3) is 5.56 Å². The number of nitrogens with zero attached hydrogens (tertiary/aromatic N) is 7. The van der Waals surface area contributed by atoms with Crippen molar-refractivity contribution in [2.75, 3.05) is 0 Å². The van der Waals surface area contributed by atoms with E-state index in [2.05, 4.69) is 20.5 Å². The van der Waals surface area contributed by atoms with E-state index in [4.69, 9.17) is 0 Å². The molecule has 0 aliphatic carbocycles. The van der Waals surface area contributed by atoms with Crippen LogP contribution in [0, 0.1) is 6.92 Å². The molecule has 4 rings (SSSR count). The molecule has 0 radical (unpaired) electrons. The predicted molar refractivity (Wildman–Crippen MR) is 88.0 cm³/mol. The van der Waals surface area contributed by atoms with Gasteiger partial charge in [-0.2, -0.15) is 10.2 Å². The van der Waals surface area contributed by atoms with Crippen LogP contribution in [0.4, 0.5) is 0 Å². The minimum Gasteiger partial charge on any atom is -0.267 e. The van der Waals surface area contributed by atoms with Gasteiger partial charge in [-0.05, 0) is 25.1 Å². The summed E-state index contributed by atoms with van der Waals surface area (Å²) >= 11 is 0. The lowest BCUT2D eigenvalue weighted by Gasteiger charge is -2.03. The lowest BCUT2D eigenvalue weighted by molar-refractivity contribution is 0.583. The van der Waals surface area contributed by atoms with Gasteiger partial charge in [-0.15, -0.1) is 5.10 Å². The van der Waals surface area contributed by atoms with E-state index in [-0.39, 0.29) is 12.1 Å². The number of hydrogen-bond donors (Lipinski definition) is 0. The van der Waals surface area contributed by atoms with Gasteiger partial charge in [-0.25, -0.2) is 14.0 Å². The highest BCUT2D eigenvalue weighted by molar-refractivity contribution is 5.72. The summed E-state index contributed by atoms with van der Waals surface area (Å²) in [5, 5.41) is 17.0. The zero-order chi connectivity index (χ0) is 16.7. The van der Waals surface area contributed by atoms with Crippen molar-refractivity contribution < 1.29 is 0 Å². The summed E-state index contributed by atoms with van der Waals surface area (Å²) in [5.41, 5.74) is 3.14. The molecule has 0 saturated carbocycles. The fourth-order valence-corrected chi connectivity index (χ4v) is 2.52. The molecular weight excluding hydrogens is 306 g/mol. The fraction of sp³-hybridized carbons (Fsp3) is 0.188. The molecule has 4 aromatic rings. The van der Waals surface area contributed by atoms with Crippen LogP contribution in [0.15, 0.2) is 47.5 Å². The first-order valence-corrected chi connectivity index (χ1v) is 7.49. The maximum absolute atomic E-state index is 12.4. The van der Waals surface area contributed by atoms with Crippen molar-refractivity contribution in [3.8, 4) is 5.69 Å². The summed E-state index contributed by atoms with van der Waals surface area (Å²) in [6, 6.07) is 9.92. The summed E-state index contributed by atoms with van der Waals surface area (Å²) in [6.45, 7) is 2.30. The van der Waals surface area contributed by atoms with Crippen molar-refractivity contribution >= 4 is 11.0 Å². The molecule has 1 aromatic carbocycles. The number of aromatic nitrogens is 7. The van der Waals surface area contributed by atoms with Crippen molar-refractivity contribution in [2.24, 2.45) is 7.05 Å². The highest BCUT2D eigenvalue weighted by atomic mass is 16.1. The number of benzene rings is 1. The van der Waals surface area contributed by atoms with Crippen molar-refractivity contribution in [3.05, 3.63) is 64.3 Å². The normalized spacial score (nSPS) is 11.2. The largest absolute Gasteiger partial charge is 0.281 e. The van der Waals surface area contributed by atoms with E-state index in [0.29, 0.717) is 11.0 Å². The van der Waals surface area contributed by atoms with Gasteiger partial charge in [-0.1, -0.05) is 22.9 Å². The Labute approximate surface area is 137 Å². The molecule has 0 N–H and O–H groups in total. The van der Waals surface area contributed by atoms with Crippen LogP contribution in [0.1, 0.15) is 11.3 Å². The molecule has 0 saturated heterocycles. The molecule has 24 heavy (non-hydrogen) atoms. The summed E-state index contributed by atoms with van der Waals surface area (Å²) in [5.74, 6) is 0. The highest BCUT2D eigenvalue weighted by Crippen LogP contribution is 2.10. The third kappa shape index (κ3) is 2.37. The quantitative estimate of drug-likeness (QED) is 0.563. The summed E-state index contributed by atoms with van der Waals surface area (Å²) in [6.07, 6.45) is 3.37. The highest BCUT2D eigenvalue weighted by Gasteiger charge is 2.11. The van der Waals surface area contributed by atoms with Gasteiger partial charge in [0, 0.05) is 13.2 Å². The first-order valence-electron chi connectivity index (χ1n) is 7.49. The summed E-state index contributed by atoms with van der Waals surface area (Å²) in [7, 11) is 1.73. The lowest BCUT2D eigenvalue weighted by Crippen LogP contribution is -2.25. The second kappa shape index (κ2) is 5.41. The fourth-order valence-electron chi connectivity index (χ4n) is 2.52. The van der Waals surface area contributed by atoms with E-state index < -0.39 is 0 Å². The topological polar surface area (TPSA) is 83.4 Å². The van der Waals surface area contributed by atoms with Gasteiger partial charge in [0.15, 0.2) is 5.65 Å². The number of fused-ring (bicyclic) bond motifs is 1. The van der Waals surface area contributed by atoms with E-state index in [9.17, 15) is 4.79 Å². The van der Waals surface area contributed by atoms with Crippen LogP contribution in [0.25, 0.3) is 16.7 Å². The zero-order valence-corrected chi connectivity index (χ0v) is 13.3. The Morgan fingerprint density at radius 1 is 1.12 bits per heavy atom. The standard InChI is InChI=1S/C16H15N7O/c1-11-3-5-13(6-4-11)22-8-7-12(19-22)10-23-16(24)14-9-17-21(2)15(14)18-20-23/h3-9H,10H2,1-2H3. The van der Waals surface area contributed by atoms with Gasteiger partial charge in [0.05, 0.1) is 24.1 Å². The molecular formula is C16H15N7O.